The van der Waals surface area contributed by atoms with Gasteiger partial charge in [-0.2, -0.15) is 0 Å². The lowest BCUT2D eigenvalue weighted by molar-refractivity contribution is 0.805. The molecule has 0 radical (unpaired) electrons. The van der Waals surface area contributed by atoms with Crippen LogP contribution in [0.25, 0.3) is 0 Å². The number of hydrogen-bond donors (Lipinski definition) is 1. The number of hydrogen-bond acceptors (Lipinski definition) is 3. The molecule has 3 nitrogen and oxygen atoms in total. The number of aliphatic imine (C=N–C) groups is 2. The fourth-order valence-electron chi connectivity index (χ4n) is 2.10. The van der Waals surface area contributed by atoms with Gasteiger partial charge in [0.05, 0.1) is 6.34 Å². The van der Waals surface area contributed by atoms with Crippen molar-refractivity contribution in [2.45, 2.75) is 19.0 Å². The molecule has 90 valence electrons. The fraction of sp³-hybridized carbons (Fsp3) is 0.200. The summed E-state index contributed by atoms with van der Waals surface area (Å²) in [6.07, 6.45) is 10.4. The van der Waals surface area contributed by atoms with Crippen LogP contribution in [-0.2, 0) is 0 Å². The topological polar surface area (TPSA) is 36.8 Å². The summed E-state index contributed by atoms with van der Waals surface area (Å²) in [5, 5.41) is 3.11. The van der Waals surface area contributed by atoms with E-state index in [1.807, 2.05) is 30.3 Å². The molecule has 0 bridgehead atoms. The van der Waals surface area contributed by atoms with E-state index in [9.17, 15) is 0 Å². The van der Waals surface area contributed by atoms with E-state index >= 15 is 0 Å². The number of nitrogens with one attached hydrogen (secondary N) is 1. The molecule has 1 aliphatic carbocycles. The maximum absolute atomic E-state index is 4.66. The van der Waals surface area contributed by atoms with E-state index in [4.69, 9.17) is 0 Å². The van der Waals surface area contributed by atoms with Gasteiger partial charge in [-0.05, 0) is 18.4 Å². The standard InChI is InChI=1S/C15H15N3/c1-3-7-12(8-4-1)14-16-11-17-15(18-14)13-9-5-2-6-10-13/h1,3-5,7-11,15H,2,6H2,(H,16,17,18). The molecule has 1 aliphatic heterocycles. The van der Waals surface area contributed by atoms with E-state index in [0.717, 1.165) is 24.2 Å². The monoisotopic (exact) mass is 237 g/mol. The molecule has 3 heteroatoms. The Labute approximate surface area is 107 Å². The summed E-state index contributed by atoms with van der Waals surface area (Å²) in [4.78, 5) is 9.05. The lowest BCUT2D eigenvalue weighted by Crippen LogP contribution is -2.30. The van der Waals surface area contributed by atoms with Crippen LogP contribution in [0.1, 0.15) is 18.4 Å². The Morgan fingerprint density at radius 3 is 2.78 bits per heavy atom. The van der Waals surface area contributed by atoms with Crippen molar-refractivity contribution >= 4 is 12.2 Å². The number of nitrogens with zero attached hydrogens (tertiary/aromatic N) is 2. The summed E-state index contributed by atoms with van der Waals surface area (Å²) in [6.45, 7) is 0. The number of amidine groups is 1. The first kappa shape index (κ1) is 11.0. The summed E-state index contributed by atoms with van der Waals surface area (Å²) >= 11 is 0. The SMILES string of the molecule is C1=CC(C2N=CNC(c3ccccc3)=N2)=CCC1. The molecular formula is C15H15N3. The van der Waals surface area contributed by atoms with Crippen molar-refractivity contribution in [2.24, 2.45) is 9.98 Å². The molecule has 18 heavy (non-hydrogen) atoms. The average Bonchev–Trinajstić information content (AvgIpc) is 2.49. The van der Waals surface area contributed by atoms with Crippen molar-refractivity contribution < 1.29 is 0 Å². The van der Waals surface area contributed by atoms with Gasteiger partial charge in [0, 0.05) is 5.56 Å². The maximum atomic E-state index is 4.66. The zero-order valence-electron chi connectivity index (χ0n) is 10.1. The Balaban J connectivity index is 1.87. The number of rotatable bonds is 2. The Morgan fingerprint density at radius 1 is 1.11 bits per heavy atom. The molecule has 1 unspecified atom stereocenters. The molecule has 0 spiro atoms. The molecule has 1 aromatic rings. The van der Waals surface area contributed by atoms with E-state index in [2.05, 4.69) is 33.5 Å². The van der Waals surface area contributed by atoms with Gasteiger partial charge in [0.25, 0.3) is 0 Å². The van der Waals surface area contributed by atoms with Crippen LogP contribution in [0.2, 0.25) is 0 Å². The first-order valence-corrected chi connectivity index (χ1v) is 6.21. The van der Waals surface area contributed by atoms with E-state index in [-0.39, 0.29) is 6.17 Å². The van der Waals surface area contributed by atoms with Crippen LogP contribution in [0.4, 0.5) is 0 Å². The van der Waals surface area contributed by atoms with Gasteiger partial charge in [-0.15, -0.1) is 0 Å². The van der Waals surface area contributed by atoms with E-state index in [0.29, 0.717) is 0 Å². The van der Waals surface area contributed by atoms with Gasteiger partial charge >= 0.3 is 0 Å². The van der Waals surface area contributed by atoms with Crippen LogP contribution in [0.5, 0.6) is 0 Å². The highest BCUT2D eigenvalue weighted by Crippen LogP contribution is 2.18. The minimum atomic E-state index is -0.0991. The molecule has 0 saturated heterocycles. The van der Waals surface area contributed by atoms with Gasteiger partial charge in [-0.1, -0.05) is 48.6 Å². The molecule has 1 heterocycles. The second-order valence-corrected chi connectivity index (χ2v) is 4.32. The molecule has 0 saturated carbocycles. The van der Waals surface area contributed by atoms with Crippen LogP contribution < -0.4 is 5.32 Å². The minimum absolute atomic E-state index is 0.0991. The Bertz CT molecular complexity index is 538. The van der Waals surface area contributed by atoms with Gasteiger partial charge in [0.15, 0.2) is 6.17 Å². The quantitative estimate of drug-likeness (QED) is 0.843. The summed E-state index contributed by atoms with van der Waals surface area (Å²) in [5.74, 6) is 0.885. The van der Waals surface area contributed by atoms with Crippen LogP contribution in [0, 0.1) is 0 Å². The largest absolute Gasteiger partial charge is 0.331 e. The van der Waals surface area contributed by atoms with Gasteiger partial charge in [0.2, 0.25) is 0 Å². The summed E-state index contributed by atoms with van der Waals surface area (Å²) < 4.78 is 0. The predicted molar refractivity (Wildman–Crippen MR) is 74.9 cm³/mol. The smallest absolute Gasteiger partial charge is 0.168 e. The molecular weight excluding hydrogens is 222 g/mol. The van der Waals surface area contributed by atoms with Crippen molar-refractivity contribution in [3.8, 4) is 0 Å². The van der Waals surface area contributed by atoms with Crippen molar-refractivity contribution in [1.82, 2.24) is 5.32 Å². The first-order chi connectivity index (χ1) is 8.93. The molecule has 0 aromatic heterocycles. The van der Waals surface area contributed by atoms with Gasteiger partial charge in [-0.3, -0.25) is 0 Å². The molecule has 3 rings (SSSR count). The van der Waals surface area contributed by atoms with Gasteiger partial charge in [-0.25, -0.2) is 9.98 Å². The molecule has 2 aliphatic rings. The number of benzene rings is 1. The van der Waals surface area contributed by atoms with Crippen LogP contribution in [0.15, 0.2) is 64.1 Å². The van der Waals surface area contributed by atoms with Crippen LogP contribution in [0.3, 0.4) is 0 Å². The lowest BCUT2D eigenvalue weighted by atomic mass is 10.0. The van der Waals surface area contributed by atoms with E-state index in [1.54, 1.807) is 6.34 Å². The van der Waals surface area contributed by atoms with E-state index in [1.165, 1.54) is 5.57 Å². The van der Waals surface area contributed by atoms with Crippen molar-refractivity contribution in [3.05, 3.63) is 59.7 Å². The van der Waals surface area contributed by atoms with E-state index < -0.39 is 0 Å². The highest BCUT2D eigenvalue weighted by Gasteiger charge is 2.15. The zero-order valence-corrected chi connectivity index (χ0v) is 10.1. The molecule has 0 amide bonds. The summed E-state index contributed by atoms with van der Waals surface area (Å²) in [5.41, 5.74) is 2.28. The predicted octanol–water partition coefficient (Wildman–Crippen LogP) is 2.67. The fourth-order valence-corrected chi connectivity index (χ4v) is 2.10. The Kier molecular flexibility index (Phi) is 3.05. The minimum Gasteiger partial charge on any atom is -0.331 e. The van der Waals surface area contributed by atoms with Crippen molar-refractivity contribution in [1.29, 1.82) is 0 Å². The second kappa shape index (κ2) is 5.00. The summed E-state index contributed by atoms with van der Waals surface area (Å²) in [7, 11) is 0. The average molecular weight is 237 g/mol. The second-order valence-electron chi connectivity index (χ2n) is 4.32. The third-order valence-corrected chi connectivity index (χ3v) is 3.04. The summed E-state index contributed by atoms with van der Waals surface area (Å²) in [6, 6.07) is 10.1. The molecule has 0 fully saturated rings. The van der Waals surface area contributed by atoms with Gasteiger partial charge < -0.3 is 5.32 Å². The Morgan fingerprint density at radius 2 is 2.00 bits per heavy atom. The molecule has 1 aromatic carbocycles. The third kappa shape index (κ3) is 2.25. The molecule has 1 N–H and O–H groups in total. The van der Waals surface area contributed by atoms with Crippen molar-refractivity contribution in [2.75, 3.05) is 0 Å². The zero-order chi connectivity index (χ0) is 12.2. The Hall–Kier alpha value is -2.16. The van der Waals surface area contributed by atoms with Crippen molar-refractivity contribution in [3.63, 3.8) is 0 Å². The molecule has 1 atom stereocenters. The van der Waals surface area contributed by atoms with Crippen LogP contribution >= 0.6 is 0 Å². The number of allylic oxidation sites excluding steroid dienone is 2. The highest BCUT2D eigenvalue weighted by atomic mass is 15.2. The normalized spacial score (nSPS) is 22.1. The third-order valence-electron chi connectivity index (χ3n) is 3.04. The first-order valence-electron chi connectivity index (χ1n) is 6.21. The van der Waals surface area contributed by atoms with Gasteiger partial charge in [0.1, 0.15) is 5.84 Å². The maximum Gasteiger partial charge on any atom is 0.168 e. The highest BCUT2D eigenvalue weighted by molar-refractivity contribution is 6.05. The van der Waals surface area contributed by atoms with Crippen LogP contribution in [-0.4, -0.2) is 18.3 Å². The lowest BCUT2D eigenvalue weighted by Gasteiger charge is -2.18.